The average Bonchev–Trinajstić information content (AvgIpc) is 2.27. The lowest BCUT2D eigenvalue weighted by Crippen LogP contribution is -2.31. The third-order valence-corrected chi connectivity index (χ3v) is 3.97. The van der Waals surface area contributed by atoms with Crippen molar-refractivity contribution in [3.05, 3.63) is 33.3 Å². The number of sulfonamides is 1. The average molecular weight is 290 g/mol. The lowest BCUT2D eigenvalue weighted by Gasteiger charge is -2.09. The van der Waals surface area contributed by atoms with Gasteiger partial charge in [0, 0.05) is 12.1 Å². The van der Waals surface area contributed by atoms with Crippen LogP contribution in [-0.4, -0.2) is 19.4 Å². The number of hydrogen-bond donors (Lipinski definition) is 1. The van der Waals surface area contributed by atoms with E-state index >= 15 is 0 Å². The third kappa shape index (κ3) is 3.16. The molecule has 0 aromatic heterocycles. The lowest BCUT2D eigenvalue weighted by molar-refractivity contribution is -0.384. The molecule has 0 aliphatic heterocycles. The Kier molecular flexibility index (Phi) is 4.24. The molecule has 0 aliphatic rings. The zero-order chi connectivity index (χ0) is 13.9. The quantitative estimate of drug-likeness (QED) is 0.665. The number of rotatable bonds is 4. The number of nitro groups is 1. The minimum atomic E-state index is -3.97. The van der Waals surface area contributed by atoms with Crippen molar-refractivity contribution in [2.24, 2.45) is 0 Å². The molecule has 0 bridgehead atoms. The van der Waals surface area contributed by atoms with Crippen molar-refractivity contribution >= 4 is 27.3 Å². The highest BCUT2D eigenvalue weighted by Gasteiger charge is 2.22. The molecule has 0 radical (unpaired) electrons. The van der Waals surface area contributed by atoms with Gasteiger partial charge in [0.05, 0.1) is 16.0 Å². The second kappa shape index (κ2) is 5.30. The molecule has 1 aromatic rings. The molecular formula is C9H8ClN3O4S. The predicted octanol–water partition coefficient (Wildman–Crippen LogP) is 1.44. The van der Waals surface area contributed by atoms with Crippen LogP contribution in [0.1, 0.15) is 6.92 Å². The largest absolute Gasteiger partial charge is 0.271 e. The van der Waals surface area contributed by atoms with Crippen LogP contribution in [0.4, 0.5) is 5.69 Å². The van der Waals surface area contributed by atoms with Crippen LogP contribution < -0.4 is 4.72 Å². The summed E-state index contributed by atoms with van der Waals surface area (Å²) in [7, 11) is -3.97. The van der Waals surface area contributed by atoms with Gasteiger partial charge in [-0.1, -0.05) is 11.6 Å². The molecule has 0 heterocycles. The van der Waals surface area contributed by atoms with Crippen LogP contribution >= 0.6 is 11.6 Å². The summed E-state index contributed by atoms with van der Waals surface area (Å²) in [5.41, 5.74) is -0.313. The van der Waals surface area contributed by atoms with Crippen LogP contribution in [0.2, 0.25) is 5.02 Å². The molecule has 96 valence electrons. The molecule has 1 rings (SSSR count). The van der Waals surface area contributed by atoms with E-state index in [9.17, 15) is 18.5 Å². The molecule has 1 aromatic carbocycles. The van der Waals surface area contributed by atoms with Crippen LogP contribution in [0.5, 0.6) is 0 Å². The first kappa shape index (κ1) is 14.4. The fourth-order valence-corrected chi connectivity index (χ4v) is 2.83. The first-order chi connectivity index (χ1) is 8.27. The lowest BCUT2D eigenvalue weighted by atomic mass is 10.3. The Balaban J connectivity index is 3.19. The summed E-state index contributed by atoms with van der Waals surface area (Å²) >= 11 is 5.68. The number of nitro benzene ring substituents is 1. The molecule has 18 heavy (non-hydrogen) atoms. The van der Waals surface area contributed by atoms with E-state index in [0.717, 1.165) is 18.2 Å². The summed E-state index contributed by atoms with van der Waals surface area (Å²) in [6.45, 7) is 1.36. The van der Waals surface area contributed by atoms with E-state index in [1.165, 1.54) is 6.92 Å². The second-order valence-corrected chi connectivity index (χ2v) is 5.43. The number of nitrogens with one attached hydrogen (secondary N) is 1. The number of benzene rings is 1. The molecule has 1 atom stereocenters. The summed E-state index contributed by atoms with van der Waals surface area (Å²) in [6, 6.07) is 3.75. The van der Waals surface area contributed by atoms with E-state index in [4.69, 9.17) is 16.9 Å². The number of nitrogens with zero attached hydrogens (tertiary/aromatic N) is 2. The predicted molar refractivity (Wildman–Crippen MR) is 63.5 cm³/mol. The fraction of sp³-hybridized carbons (Fsp3) is 0.222. The Labute approximate surface area is 108 Å². The van der Waals surface area contributed by atoms with Crippen LogP contribution in [0.25, 0.3) is 0 Å². The Morgan fingerprint density at radius 1 is 1.56 bits per heavy atom. The highest BCUT2D eigenvalue weighted by Crippen LogP contribution is 2.26. The molecule has 0 fully saturated rings. The third-order valence-electron chi connectivity index (χ3n) is 1.94. The first-order valence-electron chi connectivity index (χ1n) is 4.64. The second-order valence-electron chi connectivity index (χ2n) is 3.34. The summed E-state index contributed by atoms with van der Waals surface area (Å²) in [5, 5.41) is 18.7. The minimum absolute atomic E-state index is 0.276. The van der Waals surface area contributed by atoms with Crippen LogP contribution in [0.3, 0.4) is 0 Å². The van der Waals surface area contributed by atoms with Crippen molar-refractivity contribution in [3.63, 3.8) is 0 Å². The van der Waals surface area contributed by atoms with Gasteiger partial charge in [0.2, 0.25) is 10.0 Å². The van der Waals surface area contributed by atoms with Gasteiger partial charge in [-0.15, -0.1) is 0 Å². The van der Waals surface area contributed by atoms with E-state index < -0.39 is 21.0 Å². The molecule has 0 aliphatic carbocycles. The number of halogens is 1. The van der Waals surface area contributed by atoms with E-state index in [1.807, 2.05) is 0 Å². The smallest absolute Gasteiger partial charge is 0.258 e. The van der Waals surface area contributed by atoms with Crippen molar-refractivity contribution in [3.8, 4) is 6.07 Å². The van der Waals surface area contributed by atoms with Crippen molar-refractivity contribution in [1.29, 1.82) is 5.26 Å². The zero-order valence-electron chi connectivity index (χ0n) is 9.12. The van der Waals surface area contributed by atoms with Gasteiger partial charge in [0.1, 0.15) is 10.9 Å². The van der Waals surface area contributed by atoms with E-state index in [1.54, 1.807) is 6.07 Å². The summed E-state index contributed by atoms with van der Waals surface area (Å²) in [6.07, 6.45) is 0. The SMILES string of the molecule is CC(C#N)NS(=O)(=O)c1ccc([N+](=O)[O-])cc1Cl. The Hall–Kier alpha value is -1.69. The Bertz CT molecular complexity index is 623. The van der Waals surface area contributed by atoms with Gasteiger partial charge in [0.15, 0.2) is 0 Å². The molecule has 1 N–H and O–H groups in total. The van der Waals surface area contributed by atoms with Crippen LogP contribution in [-0.2, 0) is 10.0 Å². The summed E-state index contributed by atoms with van der Waals surface area (Å²) in [4.78, 5) is 9.48. The zero-order valence-corrected chi connectivity index (χ0v) is 10.7. The molecule has 0 spiro atoms. The van der Waals surface area contributed by atoms with Crippen molar-refractivity contribution in [1.82, 2.24) is 4.72 Å². The van der Waals surface area contributed by atoms with E-state index in [0.29, 0.717) is 0 Å². The standard InChI is InChI=1S/C9H8ClN3O4S/c1-6(5-11)12-18(16,17)9-3-2-7(13(14)15)4-8(9)10/h2-4,6,12H,1H3. The molecule has 7 nitrogen and oxygen atoms in total. The molecule has 1 unspecified atom stereocenters. The first-order valence-corrected chi connectivity index (χ1v) is 6.50. The van der Waals surface area contributed by atoms with E-state index in [-0.39, 0.29) is 15.6 Å². The van der Waals surface area contributed by atoms with Crippen LogP contribution in [0, 0.1) is 21.4 Å². The normalized spacial score (nSPS) is 12.7. The van der Waals surface area contributed by atoms with Gasteiger partial charge >= 0.3 is 0 Å². The molecular weight excluding hydrogens is 282 g/mol. The van der Waals surface area contributed by atoms with Gasteiger partial charge in [-0.3, -0.25) is 10.1 Å². The topological polar surface area (TPSA) is 113 Å². The fourth-order valence-electron chi connectivity index (χ4n) is 1.14. The van der Waals surface area contributed by atoms with Gasteiger partial charge in [0.25, 0.3) is 5.69 Å². The highest BCUT2D eigenvalue weighted by atomic mass is 35.5. The molecule has 0 saturated heterocycles. The van der Waals surface area contributed by atoms with Crippen molar-refractivity contribution in [2.75, 3.05) is 0 Å². The van der Waals surface area contributed by atoms with Gasteiger partial charge in [-0.05, 0) is 13.0 Å². The van der Waals surface area contributed by atoms with Crippen molar-refractivity contribution < 1.29 is 13.3 Å². The maximum Gasteiger partial charge on any atom is 0.271 e. The van der Waals surface area contributed by atoms with Gasteiger partial charge in [-0.2, -0.15) is 9.98 Å². The molecule has 0 saturated carbocycles. The maximum absolute atomic E-state index is 11.8. The monoisotopic (exact) mass is 289 g/mol. The van der Waals surface area contributed by atoms with E-state index in [2.05, 4.69) is 4.72 Å². The number of hydrogen-bond acceptors (Lipinski definition) is 5. The highest BCUT2D eigenvalue weighted by molar-refractivity contribution is 7.89. The maximum atomic E-state index is 11.8. The number of non-ortho nitro benzene ring substituents is 1. The van der Waals surface area contributed by atoms with Crippen LogP contribution in [0.15, 0.2) is 23.1 Å². The minimum Gasteiger partial charge on any atom is -0.258 e. The summed E-state index contributed by atoms with van der Waals surface area (Å²) in [5.74, 6) is 0. The molecule has 0 amide bonds. The van der Waals surface area contributed by atoms with Crippen molar-refractivity contribution in [2.45, 2.75) is 17.9 Å². The van der Waals surface area contributed by atoms with Gasteiger partial charge < -0.3 is 0 Å². The Morgan fingerprint density at radius 3 is 2.61 bits per heavy atom. The number of nitriles is 1. The summed E-state index contributed by atoms with van der Waals surface area (Å²) < 4.78 is 25.6. The Morgan fingerprint density at radius 2 is 2.17 bits per heavy atom. The van der Waals surface area contributed by atoms with Gasteiger partial charge in [-0.25, -0.2) is 8.42 Å². The molecule has 9 heteroatoms.